The number of carbonyl (C=O) groups is 2. The smallest absolute Gasteiger partial charge is 0.231 e. The molecule has 2 aliphatic rings. The molecule has 0 bridgehead atoms. The van der Waals surface area contributed by atoms with Crippen LogP contribution < -0.4 is 5.73 Å². The summed E-state index contributed by atoms with van der Waals surface area (Å²) in [6.45, 7) is 1.11. The number of carbonyl (C=O) groups excluding carboxylic acids is 2. The van der Waals surface area contributed by atoms with E-state index in [0.29, 0.717) is 0 Å². The van der Waals surface area contributed by atoms with Gasteiger partial charge in [0.25, 0.3) is 0 Å². The van der Waals surface area contributed by atoms with Crippen LogP contribution in [0.2, 0.25) is 0 Å². The lowest BCUT2D eigenvalue weighted by molar-refractivity contribution is -0.122. The molecule has 0 spiro atoms. The average Bonchev–Trinajstić information content (AvgIpc) is 2.66. The molecule has 1 aliphatic carbocycles. The molecular weight excluding hydrogens is 204 g/mol. The summed E-state index contributed by atoms with van der Waals surface area (Å²) in [7, 11) is 0. The van der Waals surface area contributed by atoms with Crippen LogP contribution in [0.4, 0.5) is 0 Å². The molecule has 0 aromatic rings. The van der Waals surface area contributed by atoms with Crippen LogP contribution in [-0.4, -0.2) is 35.7 Å². The zero-order valence-electron chi connectivity index (χ0n) is 9.13. The highest BCUT2D eigenvalue weighted by Crippen LogP contribution is 2.26. The summed E-state index contributed by atoms with van der Waals surface area (Å²) in [4.78, 5) is 24.7. The summed E-state index contributed by atoms with van der Waals surface area (Å²) in [5.41, 5.74) is 5.20. The van der Waals surface area contributed by atoms with Crippen LogP contribution in [0, 0.1) is 5.92 Å². The van der Waals surface area contributed by atoms with Crippen LogP contribution >= 0.6 is 0 Å². The first-order valence-corrected chi connectivity index (χ1v) is 5.59. The second-order valence-electron chi connectivity index (χ2n) is 4.32. The zero-order valence-corrected chi connectivity index (χ0v) is 9.13. The molecule has 0 saturated carbocycles. The number of likely N-dealkylation sites (tertiary alicyclic amines) is 1. The molecule has 4 nitrogen and oxygen atoms in total. The van der Waals surface area contributed by atoms with Gasteiger partial charge < -0.3 is 5.73 Å². The van der Waals surface area contributed by atoms with E-state index in [4.69, 9.17) is 5.73 Å². The number of hydrogen-bond donors (Lipinski definition) is 1. The van der Waals surface area contributed by atoms with Gasteiger partial charge >= 0.3 is 0 Å². The normalized spacial score (nSPS) is 29.9. The topological polar surface area (TPSA) is 63.4 Å². The van der Waals surface area contributed by atoms with Crippen molar-refractivity contribution in [2.45, 2.75) is 18.9 Å². The Morgan fingerprint density at radius 2 is 2.31 bits per heavy atom. The van der Waals surface area contributed by atoms with E-state index in [-0.39, 0.29) is 30.2 Å². The van der Waals surface area contributed by atoms with Gasteiger partial charge in [0, 0.05) is 6.04 Å². The van der Waals surface area contributed by atoms with E-state index >= 15 is 0 Å². The van der Waals surface area contributed by atoms with Crippen LogP contribution in [0.5, 0.6) is 0 Å². The standard InChI is InChI=1S/C12H16N2O2/c13-12(16)8-14-7-3-5-10(14)9-4-1-2-6-11(9)15/h1-2,4,6,9-10H,3,5,7-8H2,(H2,13,16). The molecule has 1 aliphatic heterocycles. The fraction of sp³-hybridized carbons (Fsp3) is 0.500. The minimum atomic E-state index is -0.324. The number of amides is 1. The van der Waals surface area contributed by atoms with E-state index in [1.807, 2.05) is 17.1 Å². The van der Waals surface area contributed by atoms with Crippen LogP contribution in [0.15, 0.2) is 24.3 Å². The number of primary amides is 1. The van der Waals surface area contributed by atoms with Crippen LogP contribution in [0.1, 0.15) is 12.8 Å². The Labute approximate surface area is 94.8 Å². The molecule has 2 N–H and O–H groups in total. The highest BCUT2D eigenvalue weighted by Gasteiger charge is 2.34. The molecule has 4 heteroatoms. The average molecular weight is 220 g/mol. The first-order chi connectivity index (χ1) is 7.68. The zero-order chi connectivity index (χ0) is 11.5. The van der Waals surface area contributed by atoms with Gasteiger partial charge in [-0.05, 0) is 25.5 Å². The third-order valence-corrected chi connectivity index (χ3v) is 3.21. The van der Waals surface area contributed by atoms with Crippen molar-refractivity contribution >= 4 is 11.7 Å². The molecule has 0 aromatic carbocycles. The van der Waals surface area contributed by atoms with Crippen LogP contribution in [0.25, 0.3) is 0 Å². The molecule has 16 heavy (non-hydrogen) atoms. The fourth-order valence-corrected chi connectivity index (χ4v) is 2.51. The SMILES string of the molecule is NC(=O)CN1CCCC1C1C=CC=CC1=O. The Morgan fingerprint density at radius 1 is 1.50 bits per heavy atom. The van der Waals surface area contributed by atoms with Gasteiger partial charge in [-0.1, -0.05) is 18.2 Å². The van der Waals surface area contributed by atoms with Gasteiger partial charge in [0.2, 0.25) is 5.91 Å². The van der Waals surface area contributed by atoms with Gasteiger partial charge in [-0.2, -0.15) is 0 Å². The molecule has 86 valence electrons. The van der Waals surface area contributed by atoms with E-state index in [0.717, 1.165) is 19.4 Å². The van der Waals surface area contributed by atoms with E-state index in [1.54, 1.807) is 12.2 Å². The summed E-state index contributed by atoms with van der Waals surface area (Å²) in [5.74, 6) is -0.301. The largest absolute Gasteiger partial charge is 0.369 e. The number of ketones is 1. The first-order valence-electron chi connectivity index (χ1n) is 5.59. The van der Waals surface area contributed by atoms with Gasteiger partial charge in [-0.15, -0.1) is 0 Å². The van der Waals surface area contributed by atoms with Crippen molar-refractivity contribution in [1.29, 1.82) is 0 Å². The number of nitrogens with zero attached hydrogens (tertiary/aromatic N) is 1. The van der Waals surface area contributed by atoms with Crippen molar-refractivity contribution in [3.05, 3.63) is 24.3 Å². The lowest BCUT2D eigenvalue weighted by Crippen LogP contribution is -2.42. The summed E-state index contributed by atoms with van der Waals surface area (Å²) in [6.07, 6.45) is 9.16. The second-order valence-corrected chi connectivity index (χ2v) is 4.32. The van der Waals surface area contributed by atoms with E-state index in [1.165, 1.54) is 0 Å². The van der Waals surface area contributed by atoms with Crippen molar-refractivity contribution in [2.75, 3.05) is 13.1 Å². The third kappa shape index (κ3) is 2.22. The summed E-state index contributed by atoms with van der Waals surface area (Å²) < 4.78 is 0. The molecular formula is C12H16N2O2. The molecule has 2 unspecified atom stereocenters. The van der Waals surface area contributed by atoms with Crippen LogP contribution in [-0.2, 0) is 9.59 Å². The Balaban J connectivity index is 2.07. The lowest BCUT2D eigenvalue weighted by atomic mass is 9.90. The maximum absolute atomic E-state index is 11.7. The first kappa shape index (κ1) is 11.1. The molecule has 2 rings (SSSR count). The van der Waals surface area contributed by atoms with Crippen LogP contribution in [0.3, 0.4) is 0 Å². The highest BCUT2D eigenvalue weighted by molar-refractivity contribution is 5.95. The van der Waals surface area contributed by atoms with Gasteiger partial charge in [0.1, 0.15) is 0 Å². The summed E-state index contributed by atoms with van der Waals surface area (Å²) in [6, 6.07) is 0.140. The lowest BCUT2D eigenvalue weighted by Gasteiger charge is -2.28. The number of hydrogen-bond acceptors (Lipinski definition) is 3. The molecule has 1 fully saturated rings. The molecule has 0 radical (unpaired) electrons. The van der Waals surface area contributed by atoms with Crippen molar-refractivity contribution in [3.8, 4) is 0 Å². The second kappa shape index (κ2) is 4.61. The summed E-state index contributed by atoms with van der Waals surface area (Å²) in [5, 5.41) is 0. The Bertz CT molecular complexity index is 360. The van der Waals surface area contributed by atoms with Crippen molar-refractivity contribution in [1.82, 2.24) is 4.90 Å². The van der Waals surface area contributed by atoms with Gasteiger partial charge in [0.15, 0.2) is 5.78 Å². The molecule has 1 heterocycles. The Morgan fingerprint density at radius 3 is 3.00 bits per heavy atom. The van der Waals surface area contributed by atoms with Crippen molar-refractivity contribution < 1.29 is 9.59 Å². The maximum atomic E-state index is 11.7. The fourth-order valence-electron chi connectivity index (χ4n) is 2.51. The minimum Gasteiger partial charge on any atom is -0.369 e. The number of nitrogens with two attached hydrogens (primary N) is 1. The minimum absolute atomic E-state index is 0.105. The highest BCUT2D eigenvalue weighted by atomic mass is 16.1. The molecule has 2 atom stereocenters. The van der Waals surface area contributed by atoms with Gasteiger partial charge in [0.05, 0.1) is 12.5 Å². The maximum Gasteiger partial charge on any atom is 0.231 e. The van der Waals surface area contributed by atoms with Gasteiger partial charge in [-0.25, -0.2) is 0 Å². The van der Waals surface area contributed by atoms with Gasteiger partial charge in [-0.3, -0.25) is 14.5 Å². The van der Waals surface area contributed by atoms with Crippen molar-refractivity contribution in [2.24, 2.45) is 11.7 Å². The molecule has 1 amide bonds. The molecule has 1 saturated heterocycles. The number of rotatable bonds is 3. The monoisotopic (exact) mass is 220 g/mol. The number of allylic oxidation sites excluding steroid dienone is 3. The van der Waals surface area contributed by atoms with Crippen molar-refractivity contribution in [3.63, 3.8) is 0 Å². The predicted octanol–water partition coefficient (Wildman–Crippen LogP) is 0.247. The Hall–Kier alpha value is -1.42. The summed E-state index contributed by atoms with van der Waals surface area (Å²) >= 11 is 0. The third-order valence-electron chi connectivity index (χ3n) is 3.21. The molecule has 0 aromatic heterocycles. The van der Waals surface area contributed by atoms with E-state index in [9.17, 15) is 9.59 Å². The van der Waals surface area contributed by atoms with E-state index in [2.05, 4.69) is 0 Å². The Kier molecular flexibility index (Phi) is 3.19. The van der Waals surface area contributed by atoms with E-state index < -0.39 is 0 Å². The predicted molar refractivity (Wildman–Crippen MR) is 60.6 cm³/mol. The quantitative estimate of drug-likeness (QED) is 0.741.